The molecule has 0 saturated carbocycles. The number of Topliss-reactive ketones (excluding diaryl/α,β-unsaturated/α-hetero) is 1. The van der Waals surface area contributed by atoms with Crippen LogP contribution in [0.4, 0.5) is 0 Å². The SMILES string of the molecule is C.C=CC.CC.CC.CC.CC.CC.CC.CC(=O)CCn1nc(C)c2ccccc21.CC(=O)NC(C)C(C)C(=O)O.CCCn1nc(C)c2ccccc21.CCn1nc(C)c2ccccc21.Cc1[nH]nc2ccccc12. The zero-order valence-corrected chi connectivity index (χ0v) is 51.5. The Morgan fingerprint density at radius 3 is 1.27 bits per heavy atom. The monoisotopic (exact) mass is 1070 g/mol. The Bertz CT molecular complexity index is 2720. The van der Waals surface area contributed by atoms with E-state index >= 15 is 0 Å². The van der Waals surface area contributed by atoms with Crippen LogP contribution in [0.2, 0.25) is 0 Å². The molecule has 4 aromatic carbocycles. The summed E-state index contributed by atoms with van der Waals surface area (Å²) in [5, 5.41) is 36.3. The summed E-state index contributed by atoms with van der Waals surface area (Å²) in [7, 11) is 0. The third-order valence-corrected chi connectivity index (χ3v) is 10.2. The number of carboxylic acids is 1. The number of rotatable bonds is 9. The number of carbonyl (C=O) groups is 3. The van der Waals surface area contributed by atoms with Crippen molar-refractivity contribution in [2.24, 2.45) is 5.92 Å². The van der Waals surface area contributed by atoms with Gasteiger partial charge in [-0.1, -0.05) is 176 Å². The normalized spacial score (nSPS) is 9.81. The van der Waals surface area contributed by atoms with Gasteiger partial charge in [0.25, 0.3) is 0 Å². The predicted molar refractivity (Wildman–Crippen MR) is 336 cm³/mol. The summed E-state index contributed by atoms with van der Waals surface area (Å²) in [4.78, 5) is 31.8. The van der Waals surface area contributed by atoms with Gasteiger partial charge in [0.2, 0.25) is 5.91 Å². The molecule has 3 N–H and O–H groups in total. The van der Waals surface area contributed by atoms with Gasteiger partial charge >= 0.3 is 5.97 Å². The maximum atomic E-state index is 10.9. The van der Waals surface area contributed by atoms with Gasteiger partial charge in [-0.25, -0.2) is 0 Å². The Kier molecular flexibility index (Phi) is 50.0. The van der Waals surface area contributed by atoms with Gasteiger partial charge in [0, 0.05) is 66.3 Å². The molecule has 13 nitrogen and oxygen atoms in total. The lowest BCUT2D eigenvalue weighted by Gasteiger charge is -2.15. The molecule has 8 aromatic rings. The number of hydrogen-bond acceptors (Lipinski definition) is 7. The van der Waals surface area contributed by atoms with Crippen LogP contribution in [0.5, 0.6) is 0 Å². The van der Waals surface area contributed by atoms with Crippen molar-refractivity contribution >= 4 is 61.3 Å². The standard InChI is InChI=1S/C12H14N2O.C11H14N2.C10H12N2.C8H8N2.C7H13NO3.C3H6.6C2H6.CH4/c1-9(15)7-8-14-12-6-4-3-5-11(12)10(2)13-14;1-3-8-13-11-7-5-4-6-10(11)9(2)12-13;1-3-12-10-7-5-4-6-9(10)8(2)11-12;1-6-7-4-2-3-5-8(7)10-9-6;1-4(7(10)11)5(2)8-6(3)9;1-3-2;6*1-2;/h3-6H,7-8H2,1-2H3;4-7H,3,8H2,1-2H3;4-7H,3H2,1-2H3;2-5H,1H3,(H,9,10);4-5H,1-3H3,(H,8,9)(H,10,11);3H,1H2,2H3;6*1-2H3;1H4. The molecule has 0 spiro atoms. The van der Waals surface area contributed by atoms with E-state index < -0.39 is 11.9 Å². The lowest BCUT2D eigenvalue weighted by atomic mass is 10.0. The number of aromatic nitrogens is 8. The Balaban J connectivity index is -0.000000264. The minimum absolute atomic E-state index is 0. The molecule has 0 aliphatic rings. The summed E-state index contributed by atoms with van der Waals surface area (Å²) in [6, 6.07) is 32.6. The first-order valence-electron chi connectivity index (χ1n) is 27.8. The maximum Gasteiger partial charge on any atom is 0.308 e. The van der Waals surface area contributed by atoms with Crippen molar-refractivity contribution in [2.75, 3.05) is 0 Å². The molecule has 4 heterocycles. The Hall–Kier alpha value is -6.89. The van der Waals surface area contributed by atoms with Gasteiger partial charge in [-0.05, 0) is 93.0 Å². The topological polar surface area (TPSA) is 166 Å². The van der Waals surface area contributed by atoms with Gasteiger partial charge < -0.3 is 10.4 Å². The number of aryl methyl sites for hydroxylation is 7. The van der Waals surface area contributed by atoms with E-state index in [1.807, 2.05) is 150 Å². The molecule has 77 heavy (non-hydrogen) atoms. The maximum absolute atomic E-state index is 10.9. The number of aliphatic carboxylic acids is 1. The first-order valence-corrected chi connectivity index (χ1v) is 27.8. The summed E-state index contributed by atoms with van der Waals surface area (Å²) in [6.07, 6.45) is 3.43. The molecule has 2 unspecified atom stereocenters. The quantitative estimate of drug-likeness (QED) is 0.120. The number of nitrogens with zero attached hydrogens (tertiary/aromatic N) is 7. The van der Waals surface area contributed by atoms with Gasteiger partial charge in [0.15, 0.2) is 0 Å². The molecular weight excluding hydrogens is 959 g/mol. The van der Waals surface area contributed by atoms with E-state index in [0.717, 1.165) is 53.3 Å². The highest BCUT2D eigenvalue weighted by molar-refractivity contribution is 5.84. The molecule has 0 bridgehead atoms. The average Bonchev–Trinajstić information content (AvgIpc) is 4.20. The number of ketones is 1. The number of H-pyrrole nitrogens is 1. The van der Waals surface area contributed by atoms with Crippen molar-refractivity contribution in [3.8, 4) is 0 Å². The van der Waals surface area contributed by atoms with E-state index in [1.165, 1.54) is 39.5 Å². The highest BCUT2D eigenvalue weighted by Gasteiger charge is 2.19. The fourth-order valence-electron chi connectivity index (χ4n) is 6.69. The Morgan fingerprint density at radius 1 is 0.597 bits per heavy atom. The number of allylic oxidation sites excluding steroid dienone is 1. The third-order valence-electron chi connectivity index (χ3n) is 10.2. The van der Waals surface area contributed by atoms with E-state index in [0.29, 0.717) is 13.0 Å². The first-order chi connectivity index (χ1) is 36.6. The number of carbonyl (C=O) groups excluding carboxylic acids is 2. The molecule has 13 heteroatoms. The number of aromatic amines is 1. The molecule has 0 aliphatic carbocycles. The second-order valence-electron chi connectivity index (χ2n) is 15.4. The molecular formula is C64H107N9O4. The van der Waals surface area contributed by atoms with E-state index in [4.69, 9.17) is 5.11 Å². The van der Waals surface area contributed by atoms with Gasteiger partial charge in [-0.2, -0.15) is 20.4 Å². The zero-order chi connectivity index (χ0) is 59.3. The van der Waals surface area contributed by atoms with Crippen molar-refractivity contribution in [3.05, 3.63) is 132 Å². The van der Waals surface area contributed by atoms with Crippen molar-refractivity contribution in [1.82, 2.24) is 44.9 Å². The van der Waals surface area contributed by atoms with Crippen LogP contribution in [0, 0.1) is 33.6 Å². The van der Waals surface area contributed by atoms with Crippen LogP contribution in [0.25, 0.3) is 43.6 Å². The van der Waals surface area contributed by atoms with E-state index in [9.17, 15) is 14.4 Å². The number of carboxylic acid groups (broad SMARTS) is 1. The van der Waals surface area contributed by atoms with Crippen LogP contribution >= 0.6 is 0 Å². The molecule has 2 atom stereocenters. The number of fused-ring (bicyclic) bond motifs is 4. The Morgan fingerprint density at radius 2 is 0.935 bits per heavy atom. The van der Waals surface area contributed by atoms with E-state index in [-0.39, 0.29) is 25.2 Å². The summed E-state index contributed by atoms with van der Waals surface area (Å²) in [6.45, 7) is 50.5. The van der Waals surface area contributed by atoms with E-state index in [1.54, 1.807) is 26.8 Å². The lowest BCUT2D eigenvalue weighted by Crippen LogP contribution is -2.38. The molecule has 0 aliphatic heterocycles. The van der Waals surface area contributed by atoms with E-state index in [2.05, 4.69) is 130 Å². The van der Waals surface area contributed by atoms with Gasteiger partial charge in [-0.3, -0.25) is 33.5 Å². The molecule has 0 saturated heterocycles. The van der Waals surface area contributed by atoms with Crippen molar-refractivity contribution in [2.45, 2.75) is 205 Å². The van der Waals surface area contributed by atoms with Crippen molar-refractivity contribution in [3.63, 3.8) is 0 Å². The summed E-state index contributed by atoms with van der Waals surface area (Å²) < 4.78 is 6.03. The number of para-hydroxylation sites is 4. The minimum Gasteiger partial charge on any atom is -0.481 e. The zero-order valence-electron chi connectivity index (χ0n) is 51.5. The van der Waals surface area contributed by atoms with Gasteiger partial charge in [0.05, 0.1) is 45.1 Å². The third kappa shape index (κ3) is 28.7. The molecule has 0 radical (unpaired) electrons. The fourth-order valence-corrected chi connectivity index (χ4v) is 6.69. The molecule has 8 rings (SSSR count). The number of nitrogens with one attached hydrogen (secondary N) is 2. The molecule has 1 amide bonds. The summed E-state index contributed by atoms with van der Waals surface area (Å²) >= 11 is 0. The highest BCUT2D eigenvalue weighted by Crippen LogP contribution is 2.19. The van der Waals surface area contributed by atoms with Crippen LogP contribution < -0.4 is 5.32 Å². The van der Waals surface area contributed by atoms with Crippen LogP contribution in [0.1, 0.15) is 175 Å². The lowest BCUT2D eigenvalue weighted by molar-refractivity contribution is -0.142. The van der Waals surface area contributed by atoms with Crippen LogP contribution in [0.3, 0.4) is 0 Å². The number of benzene rings is 4. The molecule has 4 aromatic heterocycles. The first kappa shape index (κ1) is 79.0. The predicted octanol–water partition coefficient (Wildman–Crippen LogP) is 17.5. The van der Waals surface area contributed by atoms with Gasteiger partial charge in [0.1, 0.15) is 5.78 Å². The second kappa shape index (κ2) is 48.7. The van der Waals surface area contributed by atoms with Crippen molar-refractivity contribution in [1.29, 1.82) is 0 Å². The largest absolute Gasteiger partial charge is 0.481 e. The minimum atomic E-state index is -0.897. The smallest absolute Gasteiger partial charge is 0.308 e. The van der Waals surface area contributed by atoms with Crippen LogP contribution in [-0.4, -0.2) is 68.3 Å². The van der Waals surface area contributed by atoms with Crippen LogP contribution in [0.15, 0.2) is 110 Å². The summed E-state index contributed by atoms with van der Waals surface area (Å²) in [5.74, 6) is -1.44. The van der Waals surface area contributed by atoms with Gasteiger partial charge in [-0.15, -0.1) is 6.58 Å². The Labute approximate surface area is 467 Å². The molecule has 432 valence electrons. The highest BCUT2D eigenvalue weighted by atomic mass is 16.4. The molecule has 0 fully saturated rings. The fraction of sp³-hybridized carbons (Fsp3) is 0.484. The van der Waals surface area contributed by atoms with Crippen molar-refractivity contribution < 1.29 is 19.5 Å². The number of amides is 1. The summed E-state index contributed by atoms with van der Waals surface area (Å²) in [5.41, 5.74) is 9.04. The second-order valence-corrected chi connectivity index (χ2v) is 15.4. The van der Waals surface area contributed by atoms with Crippen LogP contribution in [-0.2, 0) is 34.0 Å². The number of hydrogen-bond donors (Lipinski definition) is 3. The average molecular weight is 1070 g/mol.